The Hall–Kier alpha value is -5.08. The van der Waals surface area contributed by atoms with Gasteiger partial charge in [-0.3, -0.25) is 28.9 Å². The number of ether oxygens (including phenoxy) is 1. The van der Waals surface area contributed by atoms with Crippen LogP contribution >= 0.6 is 11.6 Å². The molecule has 2 amide bonds. The van der Waals surface area contributed by atoms with Crippen molar-refractivity contribution in [3.05, 3.63) is 123 Å². The van der Waals surface area contributed by atoms with Gasteiger partial charge < -0.3 is 9.84 Å². The first-order chi connectivity index (χ1) is 22.1. The van der Waals surface area contributed by atoms with Crippen molar-refractivity contribution < 1.29 is 33.8 Å². The van der Waals surface area contributed by atoms with E-state index in [9.17, 15) is 29.1 Å². The van der Waals surface area contributed by atoms with Crippen LogP contribution in [0.2, 0.25) is 5.02 Å². The van der Waals surface area contributed by atoms with Crippen LogP contribution in [-0.2, 0) is 19.2 Å². The number of rotatable bonds is 5. The van der Waals surface area contributed by atoms with E-state index in [4.69, 9.17) is 16.3 Å². The van der Waals surface area contributed by atoms with Gasteiger partial charge in [0.25, 0.3) is 0 Å². The summed E-state index contributed by atoms with van der Waals surface area (Å²) in [5.41, 5.74) is 3.55. The number of aromatic hydroxyl groups is 1. The molecule has 1 saturated heterocycles. The second-order valence-electron chi connectivity index (χ2n) is 12.0. The Morgan fingerprint density at radius 2 is 1.63 bits per heavy atom. The number of hydrogen-bond acceptors (Lipinski definition) is 7. The molecule has 7 rings (SSSR count). The van der Waals surface area contributed by atoms with Crippen molar-refractivity contribution in [3.8, 4) is 11.5 Å². The van der Waals surface area contributed by atoms with Gasteiger partial charge >= 0.3 is 0 Å². The summed E-state index contributed by atoms with van der Waals surface area (Å²) < 4.78 is 5.35. The average Bonchev–Trinajstić information content (AvgIpc) is 3.33. The molecule has 1 N–H and O–H groups in total. The van der Waals surface area contributed by atoms with Gasteiger partial charge in [0, 0.05) is 33.8 Å². The molecule has 3 aromatic rings. The number of Topliss-reactive ketones (excluding diaryl/α,β-unsaturated/α-hetero) is 1. The van der Waals surface area contributed by atoms with Crippen molar-refractivity contribution in [3.63, 3.8) is 0 Å². The zero-order chi connectivity index (χ0) is 32.4. The Morgan fingerprint density at radius 1 is 0.935 bits per heavy atom. The molecule has 4 unspecified atom stereocenters. The Morgan fingerprint density at radius 3 is 2.33 bits per heavy atom. The first-order valence-electron chi connectivity index (χ1n) is 14.9. The first kappa shape index (κ1) is 29.6. The molecule has 0 bridgehead atoms. The monoisotopic (exact) mass is 633 g/mol. The van der Waals surface area contributed by atoms with Crippen LogP contribution in [-0.4, -0.2) is 41.4 Å². The van der Waals surface area contributed by atoms with Crippen LogP contribution in [0.1, 0.15) is 47.2 Å². The lowest BCUT2D eigenvalue weighted by atomic mass is 9.59. The van der Waals surface area contributed by atoms with Gasteiger partial charge in [0.15, 0.2) is 28.8 Å². The predicted molar refractivity (Wildman–Crippen MR) is 170 cm³/mol. The maximum absolute atomic E-state index is 14.2. The van der Waals surface area contributed by atoms with E-state index in [2.05, 4.69) is 0 Å². The van der Waals surface area contributed by atoms with E-state index >= 15 is 0 Å². The van der Waals surface area contributed by atoms with Crippen molar-refractivity contribution in [2.24, 2.45) is 17.8 Å². The molecular formula is C37H28ClNO7. The summed E-state index contributed by atoms with van der Waals surface area (Å²) >= 11 is 6.38. The van der Waals surface area contributed by atoms with E-state index in [-0.39, 0.29) is 52.6 Å². The van der Waals surface area contributed by atoms with Crippen LogP contribution in [0.25, 0.3) is 0 Å². The summed E-state index contributed by atoms with van der Waals surface area (Å²) in [5, 5.41) is 10.4. The quantitative estimate of drug-likeness (QED) is 0.160. The fraction of sp³-hybridized carbons (Fsp3) is 0.216. The number of carbonyl (C=O) groups excluding carboxylic acids is 5. The summed E-state index contributed by atoms with van der Waals surface area (Å²) in [6.07, 6.45) is 3.64. The van der Waals surface area contributed by atoms with Crippen molar-refractivity contribution in [2.45, 2.75) is 25.7 Å². The number of methoxy groups -OCH3 is 1. The Balaban J connectivity index is 1.28. The zero-order valence-corrected chi connectivity index (χ0v) is 25.7. The van der Waals surface area contributed by atoms with Crippen LogP contribution in [0.4, 0.5) is 5.69 Å². The van der Waals surface area contributed by atoms with Gasteiger partial charge in [-0.2, -0.15) is 0 Å². The lowest BCUT2D eigenvalue weighted by Crippen LogP contribution is -2.39. The highest BCUT2D eigenvalue weighted by Crippen LogP contribution is 2.56. The van der Waals surface area contributed by atoms with Crippen LogP contribution in [0.15, 0.2) is 101 Å². The number of phenolic OH excluding ortho intramolecular Hbond substituents is 1. The predicted octanol–water partition coefficient (Wildman–Crippen LogP) is 5.92. The van der Waals surface area contributed by atoms with E-state index in [0.29, 0.717) is 39.1 Å². The molecule has 1 aliphatic heterocycles. The molecule has 3 aromatic carbocycles. The van der Waals surface area contributed by atoms with Gasteiger partial charge in [-0.15, -0.1) is 0 Å². The maximum Gasteiger partial charge on any atom is 0.238 e. The third kappa shape index (κ3) is 4.47. The average molecular weight is 634 g/mol. The fourth-order valence-electron chi connectivity index (χ4n) is 7.45. The minimum atomic E-state index is -0.765. The summed E-state index contributed by atoms with van der Waals surface area (Å²) in [4.78, 5) is 69.2. The molecule has 1 heterocycles. The van der Waals surface area contributed by atoms with Crippen molar-refractivity contribution in [1.82, 2.24) is 0 Å². The van der Waals surface area contributed by atoms with Crippen molar-refractivity contribution >= 4 is 46.5 Å². The number of ketones is 3. The third-order valence-corrected chi connectivity index (χ3v) is 9.88. The number of halogens is 1. The molecule has 230 valence electrons. The van der Waals surface area contributed by atoms with E-state index in [1.165, 1.54) is 18.1 Å². The minimum Gasteiger partial charge on any atom is -0.503 e. The number of allylic oxidation sites excluding steroid dienone is 6. The van der Waals surface area contributed by atoms with Gasteiger partial charge in [-0.05, 0) is 73.7 Å². The number of fused-ring (bicyclic) bond motifs is 3. The maximum atomic E-state index is 14.2. The van der Waals surface area contributed by atoms with E-state index in [0.717, 1.165) is 5.57 Å². The third-order valence-electron chi connectivity index (χ3n) is 9.59. The SMILES string of the molecule is COc1cc(C2C3=CCC4C(=O)N(c5ccc(C(=O)c6ccccc6)cc5)C(=O)C4C3CC3=C2C(=O)C=C(C)C3=O)cc(Cl)c1O. The van der Waals surface area contributed by atoms with Gasteiger partial charge in [-0.25, -0.2) is 0 Å². The highest BCUT2D eigenvalue weighted by molar-refractivity contribution is 6.32. The van der Waals surface area contributed by atoms with E-state index in [1.807, 2.05) is 12.1 Å². The Labute approximate surface area is 269 Å². The Kier molecular flexibility index (Phi) is 7.13. The zero-order valence-electron chi connectivity index (χ0n) is 25.0. The number of nitrogens with zero attached hydrogens (tertiary/aromatic N) is 1. The first-order valence-corrected chi connectivity index (χ1v) is 15.3. The van der Waals surface area contributed by atoms with Crippen molar-refractivity contribution in [1.29, 1.82) is 0 Å². The summed E-state index contributed by atoms with van der Waals surface area (Å²) in [6, 6.07) is 18.4. The van der Waals surface area contributed by atoms with Crippen LogP contribution in [0.5, 0.6) is 11.5 Å². The van der Waals surface area contributed by atoms with Gasteiger partial charge in [0.05, 0.1) is 29.7 Å². The molecule has 0 spiro atoms. The number of benzene rings is 3. The van der Waals surface area contributed by atoms with E-state index in [1.54, 1.807) is 67.6 Å². The normalized spacial score (nSPS) is 23.8. The number of amides is 2. The summed E-state index contributed by atoms with van der Waals surface area (Å²) in [7, 11) is 1.39. The number of carbonyl (C=O) groups is 5. The Bertz CT molecular complexity index is 1970. The second-order valence-corrected chi connectivity index (χ2v) is 12.4. The lowest BCUT2D eigenvalue weighted by Gasteiger charge is -2.42. The molecule has 3 aliphatic carbocycles. The molecule has 0 radical (unpaired) electrons. The summed E-state index contributed by atoms with van der Waals surface area (Å²) in [5.74, 6) is -4.32. The standard InChI is InChI=1S/C37H28ClNO7/c1-18-14-28(40)32-26(33(18)41)17-25-23(30(32)21-15-27(38)35(43)29(16-21)46-2)12-13-24-31(25)37(45)39(36(24)44)22-10-8-20(9-11-22)34(42)19-6-4-3-5-7-19/h3-12,14-16,24-25,30-31,43H,13,17H2,1-2H3. The molecule has 4 atom stereocenters. The molecular weight excluding hydrogens is 606 g/mol. The number of hydrogen-bond donors (Lipinski definition) is 1. The van der Waals surface area contributed by atoms with Crippen LogP contribution < -0.4 is 9.64 Å². The molecule has 0 aromatic heterocycles. The second kappa shape index (κ2) is 11.1. The largest absolute Gasteiger partial charge is 0.503 e. The smallest absolute Gasteiger partial charge is 0.238 e. The van der Waals surface area contributed by atoms with Crippen LogP contribution in [0, 0.1) is 17.8 Å². The van der Waals surface area contributed by atoms with E-state index < -0.39 is 29.6 Å². The highest BCUT2D eigenvalue weighted by atomic mass is 35.5. The number of anilines is 1. The topological polar surface area (TPSA) is 118 Å². The molecule has 46 heavy (non-hydrogen) atoms. The fourth-order valence-corrected chi connectivity index (χ4v) is 7.67. The molecule has 0 saturated carbocycles. The molecule has 1 fully saturated rings. The number of imide groups is 1. The van der Waals surface area contributed by atoms with Gasteiger partial charge in [0.2, 0.25) is 11.8 Å². The minimum absolute atomic E-state index is 0.0155. The van der Waals surface area contributed by atoms with Crippen molar-refractivity contribution in [2.75, 3.05) is 12.0 Å². The molecule has 9 heteroatoms. The van der Waals surface area contributed by atoms with Gasteiger partial charge in [0.1, 0.15) is 0 Å². The molecule has 4 aliphatic rings. The highest BCUT2D eigenvalue weighted by Gasteiger charge is 2.56. The summed E-state index contributed by atoms with van der Waals surface area (Å²) in [6.45, 7) is 1.59. The lowest BCUT2D eigenvalue weighted by molar-refractivity contribution is -0.123. The van der Waals surface area contributed by atoms with Crippen LogP contribution in [0.3, 0.4) is 0 Å². The number of phenols is 1. The van der Waals surface area contributed by atoms with Gasteiger partial charge in [-0.1, -0.05) is 53.6 Å². The molecule has 8 nitrogen and oxygen atoms in total.